The van der Waals surface area contributed by atoms with Crippen LogP contribution < -0.4 is 5.73 Å². The molecular weight excluding hydrogens is 254 g/mol. The van der Waals surface area contributed by atoms with Gasteiger partial charge < -0.3 is 10.1 Å². The average molecular weight is 268 g/mol. The van der Waals surface area contributed by atoms with E-state index in [1.165, 1.54) is 0 Å². The van der Waals surface area contributed by atoms with Crippen LogP contribution >= 0.6 is 15.9 Å². The predicted octanol–water partition coefficient (Wildman–Crippen LogP) is 2.98. The molecule has 0 radical (unpaired) electrons. The first-order valence-electron chi connectivity index (χ1n) is 4.82. The van der Waals surface area contributed by atoms with Crippen LogP contribution in [0.15, 0.2) is 22.9 Å². The van der Waals surface area contributed by atoms with Crippen LogP contribution in [-0.4, -0.2) is 9.38 Å². The van der Waals surface area contributed by atoms with Gasteiger partial charge in [-0.05, 0) is 22.0 Å². The summed E-state index contributed by atoms with van der Waals surface area (Å²) in [6.45, 7) is 6.42. The van der Waals surface area contributed by atoms with Gasteiger partial charge in [-0.3, -0.25) is 0 Å². The summed E-state index contributed by atoms with van der Waals surface area (Å²) in [5, 5.41) is 0. The van der Waals surface area contributed by atoms with Gasteiger partial charge in [0, 0.05) is 22.3 Å². The van der Waals surface area contributed by atoms with Gasteiger partial charge in [0.1, 0.15) is 0 Å². The monoisotopic (exact) mass is 267 g/mol. The lowest BCUT2D eigenvalue weighted by Crippen LogP contribution is -2.11. The van der Waals surface area contributed by atoms with E-state index in [2.05, 4.69) is 41.7 Å². The van der Waals surface area contributed by atoms with Crippen molar-refractivity contribution >= 4 is 27.3 Å². The van der Waals surface area contributed by atoms with Gasteiger partial charge in [0.05, 0.1) is 11.4 Å². The lowest BCUT2D eigenvalue weighted by Gasteiger charge is -2.13. The molecule has 0 unspecified atom stereocenters. The number of imidazole rings is 1. The molecule has 2 rings (SSSR count). The van der Waals surface area contributed by atoms with Crippen molar-refractivity contribution < 1.29 is 0 Å². The number of aromatic nitrogens is 2. The number of hydrogen-bond donors (Lipinski definition) is 1. The van der Waals surface area contributed by atoms with Crippen molar-refractivity contribution in [2.45, 2.75) is 26.2 Å². The van der Waals surface area contributed by atoms with E-state index in [0.29, 0.717) is 5.69 Å². The third kappa shape index (κ3) is 1.86. The molecule has 0 atom stereocenters. The van der Waals surface area contributed by atoms with Gasteiger partial charge in [-0.25, -0.2) is 4.98 Å². The Hall–Kier alpha value is -1.03. The second-order valence-electron chi connectivity index (χ2n) is 4.72. The fraction of sp³-hybridized carbons (Fsp3) is 0.364. The van der Waals surface area contributed by atoms with Crippen LogP contribution in [-0.2, 0) is 5.41 Å². The molecule has 2 aromatic heterocycles. The summed E-state index contributed by atoms with van der Waals surface area (Å²) in [6, 6.07) is 1.87. The van der Waals surface area contributed by atoms with Gasteiger partial charge in [0.2, 0.25) is 0 Å². The number of hydrogen-bond acceptors (Lipinski definition) is 2. The van der Waals surface area contributed by atoms with E-state index in [-0.39, 0.29) is 5.41 Å². The average Bonchev–Trinajstić information content (AvgIpc) is 2.46. The molecule has 2 N–H and O–H groups in total. The van der Waals surface area contributed by atoms with Crippen LogP contribution in [0.2, 0.25) is 0 Å². The second kappa shape index (κ2) is 3.23. The number of nitrogen functional groups attached to an aromatic ring is 1. The molecule has 0 amide bonds. The SMILES string of the molecule is CC(C)(C)c1cn2cc(Br)cc(N)c2n1. The molecule has 4 heteroatoms. The summed E-state index contributed by atoms with van der Waals surface area (Å²) < 4.78 is 2.92. The maximum Gasteiger partial charge on any atom is 0.160 e. The molecule has 0 aliphatic carbocycles. The Balaban J connectivity index is 2.71. The van der Waals surface area contributed by atoms with E-state index < -0.39 is 0 Å². The summed E-state index contributed by atoms with van der Waals surface area (Å²) in [6.07, 6.45) is 3.99. The Bertz CT molecular complexity index is 508. The first-order valence-corrected chi connectivity index (χ1v) is 5.61. The minimum atomic E-state index is 0.0466. The first-order chi connectivity index (χ1) is 6.88. The number of fused-ring (bicyclic) bond motifs is 1. The zero-order valence-electron chi connectivity index (χ0n) is 9.08. The van der Waals surface area contributed by atoms with Gasteiger partial charge in [-0.1, -0.05) is 20.8 Å². The fourth-order valence-corrected chi connectivity index (χ4v) is 1.92. The molecule has 80 valence electrons. The Morgan fingerprint density at radius 2 is 2.00 bits per heavy atom. The van der Waals surface area contributed by atoms with Crippen molar-refractivity contribution in [3.05, 3.63) is 28.6 Å². The van der Waals surface area contributed by atoms with Crippen LogP contribution in [0.5, 0.6) is 0 Å². The second-order valence-corrected chi connectivity index (χ2v) is 5.64. The maximum atomic E-state index is 5.90. The maximum absolute atomic E-state index is 5.90. The largest absolute Gasteiger partial charge is 0.396 e. The highest BCUT2D eigenvalue weighted by atomic mass is 79.9. The zero-order valence-corrected chi connectivity index (χ0v) is 10.7. The third-order valence-electron chi connectivity index (χ3n) is 2.31. The molecule has 0 fully saturated rings. The minimum absolute atomic E-state index is 0.0466. The first kappa shape index (κ1) is 10.5. The van der Waals surface area contributed by atoms with Gasteiger partial charge >= 0.3 is 0 Å². The molecule has 0 aromatic carbocycles. The highest BCUT2D eigenvalue weighted by molar-refractivity contribution is 9.10. The summed E-state index contributed by atoms with van der Waals surface area (Å²) in [4.78, 5) is 4.54. The van der Waals surface area contributed by atoms with Crippen LogP contribution in [0.4, 0.5) is 5.69 Å². The Morgan fingerprint density at radius 3 is 2.60 bits per heavy atom. The lowest BCUT2D eigenvalue weighted by molar-refractivity contribution is 0.573. The molecular formula is C11H14BrN3. The number of halogens is 1. The number of anilines is 1. The van der Waals surface area contributed by atoms with Crippen LogP contribution in [0.25, 0.3) is 5.65 Å². The molecule has 3 nitrogen and oxygen atoms in total. The fourth-order valence-electron chi connectivity index (χ4n) is 1.45. The van der Waals surface area contributed by atoms with Crippen LogP contribution in [0, 0.1) is 0 Å². The number of rotatable bonds is 0. The lowest BCUT2D eigenvalue weighted by atomic mass is 9.93. The van der Waals surface area contributed by atoms with E-state index >= 15 is 0 Å². The van der Waals surface area contributed by atoms with Gasteiger partial charge in [0.15, 0.2) is 5.65 Å². The van der Waals surface area contributed by atoms with E-state index in [4.69, 9.17) is 5.73 Å². The summed E-state index contributed by atoms with van der Waals surface area (Å²) in [5.41, 5.74) is 8.51. The quantitative estimate of drug-likeness (QED) is 0.798. The Morgan fingerprint density at radius 1 is 1.33 bits per heavy atom. The molecule has 15 heavy (non-hydrogen) atoms. The number of nitrogens with zero attached hydrogens (tertiary/aromatic N) is 2. The molecule has 0 spiro atoms. The standard InChI is InChI=1S/C11H14BrN3/c1-11(2,3)9-6-15-5-7(12)4-8(13)10(15)14-9/h4-6H,13H2,1-3H3. The predicted molar refractivity (Wildman–Crippen MR) is 66.0 cm³/mol. The van der Waals surface area contributed by atoms with Gasteiger partial charge in [-0.15, -0.1) is 0 Å². The van der Waals surface area contributed by atoms with Crippen molar-refractivity contribution in [1.29, 1.82) is 0 Å². The summed E-state index contributed by atoms with van der Waals surface area (Å²) >= 11 is 3.41. The van der Waals surface area contributed by atoms with Gasteiger partial charge in [0.25, 0.3) is 0 Å². The highest BCUT2D eigenvalue weighted by Crippen LogP contribution is 2.25. The molecule has 0 saturated heterocycles. The topological polar surface area (TPSA) is 43.3 Å². The van der Waals surface area contributed by atoms with E-state index in [1.54, 1.807) is 0 Å². The van der Waals surface area contributed by atoms with Gasteiger partial charge in [-0.2, -0.15) is 0 Å². The molecule has 2 heterocycles. The normalized spacial score (nSPS) is 12.3. The van der Waals surface area contributed by atoms with Crippen LogP contribution in [0.1, 0.15) is 26.5 Å². The van der Waals surface area contributed by atoms with E-state index in [9.17, 15) is 0 Å². The molecule has 2 aromatic rings. The van der Waals surface area contributed by atoms with Crippen molar-refractivity contribution in [2.75, 3.05) is 5.73 Å². The van der Waals surface area contributed by atoms with Crippen molar-refractivity contribution in [2.24, 2.45) is 0 Å². The summed E-state index contributed by atoms with van der Waals surface area (Å²) in [5.74, 6) is 0. The van der Waals surface area contributed by atoms with E-state index in [0.717, 1.165) is 15.8 Å². The molecule has 0 aliphatic rings. The highest BCUT2D eigenvalue weighted by Gasteiger charge is 2.18. The molecule has 0 bridgehead atoms. The van der Waals surface area contributed by atoms with Crippen LogP contribution in [0.3, 0.4) is 0 Å². The van der Waals surface area contributed by atoms with Crippen molar-refractivity contribution in [3.8, 4) is 0 Å². The summed E-state index contributed by atoms with van der Waals surface area (Å²) in [7, 11) is 0. The van der Waals surface area contributed by atoms with E-state index in [1.807, 2.05) is 22.9 Å². The van der Waals surface area contributed by atoms with Crippen molar-refractivity contribution in [1.82, 2.24) is 9.38 Å². The number of nitrogens with two attached hydrogens (primary N) is 1. The zero-order chi connectivity index (χ0) is 11.2. The Kier molecular flexibility index (Phi) is 2.26. The number of pyridine rings is 1. The minimum Gasteiger partial charge on any atom is -0.396 e. The molecule has 0 saturated carbocycles. The Labute approximate surface area is 97.4 Å². The smallest absolute Gasteiger partial charge is 0.160 e. The molecule has 0 aliphatic heterocycles. The van der Waals surface area contributed by atoms with Crippen molar-refractivity contribution in [3.63, 3.8) is 0 Å². The third-order valence-corrected chi connectivity index (χ3v) is 2.75.